The number of aromatic nitrogens is 2. The van der Waals surface area contributed by atoms with Crippen LogP contribution in [0.5, 0.6) is 0 Å². The van der Waals surface area contributed by atoms with Gasteiger partial charge in [-0.05, 0) is 42.7 Å². The Hall–Kier alpha value is -3.64. The summed E-state index contributed by atoms with van der Waals surface area (Å²) in [5.41, 5.74) is 1.05. The first-order valence-corrected chi connectivity index (χ1v) is 12.1. The summed E-state index contributed by atoms with van der Waals surface area (Å²) in [6, 6.07) is 11.8. The van der Waals surface area contributed by atoms with E-state index in [9.17, 15) is 23.3 Å². The summed E-state index contributed by atoms with van der Waals surface area (Å²) in [5.74, 6) is -0.321. The van der Waals surface area contributed by atoms with Crippen LogP contribution in [0.3, 0.4) is 0 Å². The molecule has 1 aliphatic heterocycles. The molecule has 12 heteroatoms. The molecule has 0 aliphatic carbocycles. The van der Waals surface area contributed by atoms with Gasteiger partial charge in [0.2, 0.25) is 15.9 Å². The van der Waals surface area contributed by atoms with Crippen LogP contribution in [0.2, 0.25) is 0 Å². The Balaban J connectivity index is 1.31. The summed E-state index contributed by atoms with van der Waals surface area (Å²) in [7, 11) is -3.52. The Labute approximate surface area is 195 Å². The first-order valence-electron chi connectivity index (χ1n) is 10.6. The second-order valence-electron chi connectivity index (χ2n) is 7.75. The number of non-ortho nitro benzene ring substituents is 1. The molecule has 4 rings (SSSR count). The van der Waals surface area contributed by atoms with Crippen molar-refractivity contribution in [2.24, 2.45) is 0 Å². The van der Waals surface area contributed by atoms with Crippen molar-refractivity contribution in [3.8, 4) is 11.5 Å². The molecule has 0 radical (unpaired) electrons. The fourth-order valence-corrected chi connectivity index (χ4v) is 5.06. The van der Waals surface area contributed by atoms with Crippen LogP contribution >= 0.6 is 0 Å². The Morgan fingerprint density at radius 1 is 1.03 bits per heavy atom. The van der Waals surface area contributed by atoms with Gasteiger partial charge in [-0.3, -0.25) is 14.9 Å². The zero-order valence-electron chi connectivity index (χ0n) is 18.1. The van der Waals surface area contributed by atoms with Crippen molar-refractivity contribution in [1.82, 2.24) is 14.5 Å². The highest BCUT2D eigenvalue weighted by molar-refractivity contribution is 7.89. The van der Waals surface area contributed by atoms with Crippen LogP contribution in [0.4, 0.5) is 5.69 Å². The van der Waals surface area contributed by atoms with Crippen LogP contribution in [-0.4, -0.2) is 46.9 Å². The highest BCUT2D eigenvalue weighted by atomic mass is 32.2. The molecular weight excluding hydrogens is 464 g/mol. The van der Waals surface area contributed by atoms with E-state index in [0.717, 1.165) is 19.3 Å². The lowest BCUT2D eigenvalue weighted by atomic mass is 10.1. The number of ether oxygens (including phenoxy) is 1. The van der Waals surface area contributed by atoms with Gasteiger partial charge in [-0.2, -0.15) is 4.31 Å². The number of esters is 1. The minimum atomic E-state index is -3.52. The van der Waals surface area contributed by atoms with E-state index in [1.807, 2.05) is 0 Å². The lowest BCUT2D eigenvalue weighted by molar-refractivity contribution is -0.384. The van der Waals surface area contributed by atoms with E-state index < -0.39 is 20.9 Å². The van der Waals surface area contributed by atoms with Gasteiger partial charge < -0.3 is 9.15 Å². The van der Waals surface area contributed by atoms with Gasteiger partial charge in [0.15, 0.2) is 6.61 Å². The van der Waals surface area contributed by atoms with Gasteiger partial charge in [0.05, 0.1) is 16.2 Å². The number of piperidine rings is 1. The number of nitro groups is 1. The Kier molecular flexibility index (Phi) is 6.98. The molecular formula is C22H22N4O7S. The molecule has 0 N–H and O–H groups in total. The summed E-state index contributed by atoms with van der Waals surface area (Å²) in [6.45, 7) is 0.816. The first kappa shape index (κ1) is 23.5. The van der Waals surface area contributed by atoms with Gasteiger partial charge in [0.1, 0.15) is 0 Å². The number of sulfonamides is 1. The van der Waals surface area contributed by atoms with Gasteiger partial charge in [0, 0.05) is 30.8 Å². The number of hydrogen-bond acceptors (Lipinski definition) is 9. The second-order valence-corrected chi connectivity index (χ2v) is 9.69. The van der Waals surface area contributed by atoms with E-state index in [-0.39, 0.29) is 35.4 Å². The summed E-state index contributed by atoms with van der Waals surface area (Å²) in [6.07, 6.45) is 2.71. The van der Waals surface area contributed by atoms with Gasteiger partial charge in [0.25, 0.3) is 11.6 Å². The van der Waals surface area contributed by atoms with E-state index >= 15 is 0 Å². The van der Waals surface area contributed by atoms with E-state index in [1.54, 1.807) is 12.1 Å². The van der Waals surface area contributed by atoms with Crippen LogP contribution in [0.25, 0.3) is 11.5 Å². The topological polar surface area (TPSA) is 146 Å². The first-order chi connectivity index (χ1) is 16.3. The fourth-order valence-electron chi connectivity index (χ4n) is 3.55. The van der Waals surface area contributed by atoms with E-state index in [2.05, 4.69) is 10.2 Å². The number of carbonyl (C=O) groups is 1. The normalized spacial score (nSPS) is 14.6. The molecule has 34 heavy (non-hydrogen) atoms. The van der Waals surface area contributed by atoms with Crippen LogP contribution in [0.15, 0.2) is 57.8 Å². The van der Waals surface area contributed by atoms with Gasteiger partial charge in [-0.15, -0.1) is 10.2 Å². The molecule has 1 aromatic heterocycles. The third-order valence-corrected chi connectivity index (χ3v) is 7.29. The molecule has 2 aromatic carbocycles. The second kappa shape index (κ2) is 10.1. The predicted octanol–water partition coefficient (Wildman–Crippen LogP) is 3.11. The van der Waals surface area contributed by atoms with Crippen LogP contribution < -0.4 is 0 Å². The van der Waals surface area contributed by atoms with Crippen LogP contribution in [0, 0.1) is 10.1 Å². The highest BCUT2D eigenvalue weighted by Gasteiger charge is 2.25. The molecule has 0 atom stereocenters. The monoisotopic (exact) mass is 486 g/mol. The number of hydrogen-bond donors (Lipinski definition) is 0. The number of nitro benzene ring substituents is 1. The quantitative estimate of drug-likeness (QED) is 0.266. The van der Waals surface area contributed by atoms with Gasteiger partial charge >= 0.3 is 5.97 Å². The molecule has 0 amide bonds. The molecule has 1 fully saturated rings. The van der Waals surface area contributed by atoms with E-state index in [4.69, 9.17) is 9.15 Å². The summed E-state index contributed by atoms with van der Waals surface area (Å²) in [4.78, 5) is 22.6. The molecule has 0 saturated carbocycles. The predicted molar refractivity (Wildman–Crippen MR) is 119 cm³/mol. The van der Waals surface area contributed by atoms with Crippen molar-refractivity contribution in [1.29, 1.82) is 0 Å². The van der Waals surface area contributed by atoms with Crippen molar-refractivity contribution >= 4 is 21.7 Å². The molecule has 0 bridgehead atoms. The highest BCUT2D eigenvalue weighted by Crippen LogP contribution is 2.22. The average molecular weight is 487 g/mol. The lowest BCUT2D eigenvalue weighted by Gasteiger charge is -2.25. The molecule has 0 spiro atoms. The van der Waals surface area contributed by atoms with E-state index in [0.29, 0.717) is 24.2 Å². The molecule has 11 nitrogen and oxygen atoms in total. The molecule has 178 valence electrons. The maximum Gasteiger partial charge on any atom is 0.310 e. The number of rotatable bonds is 8. The summed E-state index contributed by atoms with van der Waals surface area (Å²) >= 11 is 0. The molecule has 1 aliphatic rings. The lowest BCUT2D eigenvalue weighted by Crippen LogP contribution is -2.35. The van der Waals surface area contributed by atoms with Crippen molar-refractivity contribution < 1.29 is 27.3 Å². The maximum atomic E-state index is 12.7. The van der Waals surface area contributed by atoms with E-state index in [1.165, 1.54) is 40.7 Å². The zero-order chi connectivity index (χ0) is 24.1. The number of carbonyl (C=O) groups excluding carboxylic acids is 1. The minimum Gasteiger partial charge on any atom is -0.455 e. The SMILES string of the molecule is O=C(Cc1ccc(S(=O)(=O)N2CCCCC2)cc1)OCc1nnc(-c2ccc([N+](=O)[O-])cc2)o1. The third kappa shape index (κ3) is 5.46. The Morgan fingerprint density at radius 3 is 2.35 bits per heavy atom. The third-order valence-electron chi connectivity index (χ3n) is 5.37. The smallest absolute Gasteiger partial charge is 0.310 e. The zero-order valence-corrected chi connectivity index (χ0v) is 18.9. The van der Waals surface area contributed by atoms with Gasteiger partial charge in [-0.1, -0.05) is 18.6 Å². The molecule has 3 aromatic rings. The Bertz CT molecular complexity index is 1270. The number of nitrogens with zero attached hydrogens (tertiary/aromatic N) is 4. The minimum absolute atomic E-state index is 0.0482. The summed E-state index contributed by atoms with van der Waals surface area (Å²) in [5, 5.41) is 18.4. The van der Waals surface area contributed by atoms with Crippen molar-refractivity contribution in [3.05, 3.63) is 70.1 Å². The maximum absolute atomic E-state index is 12.7. The van der Waals surface area contributed by atoms with Crippen molar-refractivity contribution in [2.45, 2.75) is 37.2 Å². The molecule has 2 heterocycles. The molecule has 1 saturated heterocycles. The standard InChI is InChI=1S/C22H22N4O7S/c27-21(14-16-4-10-19(11-5-16)34(30,31)25-12-2-1-3-13-25)32-15-20-23-24-22(33-20)17-6-8-18(9-7-17)26(28)29/h4-11H,1-3,12-15H2. The largest absolute Gasteiger partial charge is 0.455 e. The number of benzene rings is 2. The Morgan fingerprint density at radius 2 is 1.71 bits per heavy atom. The van der Waals surface area contributed by atoms with Crippen LogP contribution in [0.1, 0.15) is 30.7 Å². The van der Waals surface area contributed by atoms with Crippen molar-refractivity contribution in [2.75, 3.05) is 13.1 Å². The molecule has 0 unspecified atom stereocenters. The summed E-state index contributed by atoms with van der Waals surface area (Å²) < 4.78 is 37.5. The van der Waals surface area contributed by atoms with Crippen molar-refractivity contribution in [3.63, 3.8) is 0 Å². The van der Waals surface area contributed by atoms with Crippen LogP contribution in [-0.2, 0) is 32.6 Å². The van der Waals surface area contributed by atoms with Gasteiger partial charge in [-0.25, -0.2) is 8.42 Å². The fraction of sp³-hybridized carbons (Fsp3) is 0.318. The average Bonchev–Trinajstić information content (AvgIpc) is 3.33.